The van der Waals surface area contributed by atoms with Crippen molar-refractivity contribution in [1.29, 1.82) is 0 Å². The molecule has 74 valence electrons. The quantitative estimate of drug-likeness (QED) is 0.453. The average molecular weight is 240 g/mol. The van der Waals surface area contributed by atoms with Gasteiger partial charge in [-0.25, -0.2) is 0 Å². The van der Waals surface area contributed by atoms with Crippen LogP contribution in [0.25, 0.3) is 0 Å². The molecule has 0 rings (SSSR count). The second-order valence-electron chi connectivity index (χ2n) is 1.04. The Balaban J connectivity index is -0.0000000112. The molecule has 0 atom stereocenters. The Bertz CT molecular complexity index is 73.4. The molecule has 0 bridgehead atoms. The topological polar surface area (TPSA) is 169 Å². The van der Waals surface area contributed by atoms with Crippen LogP contribution in [-0.2, 0) is 29.1 Å². The number of carbonyl (C=O) groups is 2. The molecular formula is C4H14O7Zn. The van der Waals surface area contributed by atoms with Gasteiger partial charge < -0.3 is 26.6 Å². The molecule has 0 aliphatic rings. The van der Waals surface area contributed by atoms with Crippen LogP contribution in [0, 0.1) is 0 Å². The molecule has 0 aliphatic carbocycles. The maximum atomic E-state index is 9.00. The predicted molar refractivity (Wildman–Crippen MR) is 37.5 cm³/mol. The van der Waals surface area contributed by atoms with E-state index in [0.717, 1.165) is 13.8 Å². The average Bonchev–Trinajstić information content (AvgIpc) is 1.25. The minimum absolute atomic E-state index is 0. The Morgan fingerprint density at radius 2 is 0.833 bits per heavy atom. The first-order valence-electron chi connectivity index (χ1n) is 1.86. The summed E-state index contributed by atoms with van der Waals surface area (Å²) in [6.07, 6.45) is 0. The molecule has 0 radical (unpaired) electrons. The van der Waals surface area contributed by atoms with Crippen molar-refractivity contribution in [2.75, 3.05) is 0 Å². The number of carboxylic acids is 2. The fraction of sp³-hybridized carbons (Fsp3) is 0.500. The van der Waals surface area contributed by atoms with Crippen molar-refractivity contribution in [3.63, 3.8) is 0 Å². The summed E-state index contributed by atoms with van der Waals surface area (Å²) in [6, 6.07) is 0. The molecule has 7 nitrogen and oxygen atoms in total. The first kappa shape index (κ1) is 42.1. The van der Waals surface area contributed by atoms with E-state index < -0.39 is 11.9 Å². The van der Waals surface area contributed by atoms with Gasteiger partial charge in [-0.3, -0.25) is 9.59 Å². The van der Waals surface area contributed by atoms with Gasteiger partial charge >= 0.3 is 0 Å². The summed E-state index contributed by atoms with van der Waals surface area (Å²) in [5.74, 6) is -1.67. The summed E-state index contributed by atoms with van der Waals surface area (Å²) in [4.78, 5) is 18.0. The Morgan fingerprint density at radius 3 is 0.833 bits per heavy atom. The first-order chi connectivity index (χ1) is 3.46. The van der Waals surface area contributed by atoms with Crippen molar-refractivity contribution in [1.82, 2.24) is 0 Å². The van der Waals surface area contributed by atoms with Gasteiger partial charge in [-0.2, -0.15) is 0 Å². The number of hydrogen-bond donors (Lipinski definition) is 2. The van der Waals surface area contributed by atoms with Gasteiger partial charge in [-0.1, -0.05) is 0 Å². The van der Waals surface area contributed by atoms with E-state index in [1.807, 2.05) is 0 Å². The summed E-state index contributed by atoms with van der Waals surface area (Å²) in [6.45, 7) is 2.17. The van der Waals surface area contributed by atoms with Gasteiger partial charge in [0.1, 0.15) is 0 Å². The first-order valence-corrected chi connectivity index (χ1v) is 1.86. The van der Waals surface area contributed by atoms with Crippen LogP contribution in [-0.4, -0.2) is 38.6 Å². The molecule has 0 saturated heterocycles. The van der Waals surface area contributed by atoms with E-state index in [4.69, 9.17) is 19.8 Å². The van der Waals surface area contributed by atoms with Gasteiger partial charge in [0.25, 0.3) is 11.9 Å². The van der Waals surface area contributed by atoms with E-state index in [9.17, 15) is 0 Å². The zero-order valence-corrected chi connectivity index (χ0v) is 9.89. The molecule has 0 aromatic heterocycles. The van der Waals surface area contributed by atoms with Gasteiger partial charge in [-0.15, -0.1) is 0 Å². The second kappa shape index (κ2) is 31.4. The van der Waals surface area contributed by atoms with Gasteiger partial charge in [0.2, 0.25) is 0 Å². The van der Waals surface area contributed by atoms with E-state index in [0.29, 0.717) is 0 Å². The van der Waals surface area contributed by atoms with Crippen LogP contribution >= 0.6 is 0 Å². The molecule has 0 aromatic carbocycles. The van der Waals surface area contributed by atoms with E-state index >= 15 is 0 Å². The SMILES string of the molecule is CC(=O)O.CC(=O)O.O.O.O.[Zn]. The molecule has 0 unspecified atom stereocenters. The predicted octanol–water partition coefficient (Wildman–Crippen LogP) is -2.29. The zero-order chi connectivity index (χ0) is 7.15. The van der Waals surface area contributed by atoms with Crippen LogP contribution in [0.15, 0.2) is 0 Å². The standard InChI is InChI=1S/2C2H4O2.3H2O.Zn/c2*1-2(3)4;;;;/h2*1H3,(H,3,4);3*1H2;. The molecule has 0 saturated carbocycles. The molecule has 0 amide bonds. The van der Waals surface area contributed by atoms with Gasteiger partial charge in [0, 0.05) is 33.3 Å². The monoisotopic (exact) mass is 238 g/mol. The van der Waals surface area contributed by atoms with Crippen molar-refractivity contribution in [3.8, 4) is 0 Å². The number of carboxylic acid groups (broad SMARTS) is 2. The van der Waals surface area contributed by atoms with Crippen LogP contribution in [0.4, 0.5) is 0 Å². The Kier molecular flexibility index (Phi) is 110. The summed E-state index contributed by atoms with van der Waals surface area (Å²) in [5, 5.41) is 14.8. The van der Waals surface area contributed by atoms with Crippen LogP contribution in [0.5, 0.6) is 0 Å². The van der Waals surface area contributed by atoms with Crippen LogP contribution in [0.2, 0.25) is 0 Å². The molecule has 0 heterocycles. The Labute approximate surface area is 82.1 Å². The summed E-state index contributed by atoms with van der Waals surface area (Å²) < 4.78 is 0. The maximum Gasteiger partial charge on any atom is 0.300 e. The minimum Gasteiger partial charge on any atom is -0.481 e. The van der Waals surface area contributed by atoms with Crippen LogP contribution < -0.4 is 0 Å². The van der Waals surface area contributed by atoms with Crippen molar-refractivity contribution in [2.45, 2.75) is 13.8 Å². The van der Waals surface area contributed by atoms with Crippen LogP contribution in [0.1, 0.15) is 13.8 Å². The summed E-state index contributed by atoms with van der Waals surface area (Å²) >= 11 is 0. The normalized spacial score (nSPS) is 4.17. The number of aliphatic carboxylic acids is 2. The maximum absolute atomic E-state index is 9.00. The Morgan fingerprint density at radius 1 is 0.833 bits per heavy atom. The molecule has 12 heavy (non-hydrogen) atoms. The third-order valence-corrected chi connectivity index (χ3v) is 0. The molecule has 8 N–H and O–H groups in total. The van der Waals surface area contributed by atoms with Crippen LogP contribution in [0.3, 0.4) is 0 Å². The van der Waals surface area contributed by atoms with E-state index in [1.54, 1.807) is 0 Å². The van der Waals surface area contributed by atoms with Gasteiger partial charge in [0.15, 0.2) is 0 Å². The fourth-order valence-corrected chi connectivity index (χ4v) is 0. The summed E-state index contributed by atoms with van der Waals surface area (Å²) in [5.41, 5.74) is 0. The number of hydrogen-bond acceptors (Lipinski definition) is 2. The molecule has 8 heteroatoms. The minimum atomic E-state index is -0.833. The molecule has 0 aliphatic heterocycles. The van der Waals surface area contributed by atoms with E-state index in [-0.39, 0.29) is 35.9 Å². The van der Waals surface area contributed by atoms with Crippen molar-refractivity contribution in [2.24, 2.45) is 0 Å². The molecule has 0 spiro atoms. The van der Waals surface area contributed by atoms with Crippen molar-refractivity contribution >= 4 is 11.9 Å². The van der Waals surface area contributed by atoms with Crippen molar-refractivity contribution < 1.29 is 55.7 Å². The third kappa shape index (κ3) is 2170. The third-order valence-electron chi connectivity index (χ3n) is 0. The number of rotatable bonds is 0. The fourth-order valence-electron chi connectivity index (χ4n) is 0. The molecular weight excluding hydrogens is 225 g/mol. The largest absolute Gasteiger partial charge is 0.481 e. The van der Waals surface area contributed by atoms with Crippen molar-refractivity contribution in [3.05, 3.63) is 0 Å². The van der Waals surface area contributed by atoms with E-state index in [2.05, 4.69) is 0 Å². The molecule has 0 fully saturated rings. The summed E-state index contributed by atoms with van der Waals surface area (Å²) in [7, 11) is 0. The van der Waals surface area contributed by atoms with E-state index in [1.165, 1.54) is 0 Å². The molecule has 0 aromatic rings. The smallest absolute Gasteiger partial charge is 0.300 e. The Hall–Kier alpha value is -0.557. The second-order valence-corrected chi connectivity index (χ2v) is 1.04. The van der Waals surface area contributed by atoms with Gasteiger partial charge in [-0.05, 0) is 0 Å². The zero-order valence-electron chi connectivity index (χ0n) is 6.92. The van der Waals surface area contributed by atoms with Gasteiger partial charge in [0.05, 0.1) is 0 Å².